The molecule has 0 aliphatic carbocycles. The number of nitrogens with one attached hydrogen (secondary N) is 1. The van der Waals surface area contributed by atoms with Gasteiger partial charge in [-0.25, -0.2) is 0 Å². The van der Waals surface area contributed by atoms with Gasteiger partial charge >= 0.3 is 0 Å². The molecular formula is C26H38N4O. The fraction of sp³-hybridized carbons (Fsp3) is 0.423. The summed E-state index contributed by atoms with van der Waals surface area (Å²) in [4.78, 5) is 13.7. The van der Waals surface area contributed by atoms with E-state index in [0.717, 1.165) is 31.7 Å². The van der Waals surface area contributed by atoms with Crippen molar-refractivity contribution in [2.45, 2.75) is 47.1 Å². The number of rotatable bonds is 6. The molecule has 168 valence electrons. The number of piperazine rings is 1. The molecule has 0 saturated carbocycles. The van der Waals surface area contributed by atoms with E-state index in [-0.39, 0.29) is 6.41 Å². The minimum absolute atomic E-state index is 0.250. The van der Waals surface area contributed by atoms with Crippen LogP contribution in [0.3, 0.4) is 0 Å². The highest BCUT2D eigenvalue weighted by Gasteiger charge is 2.30. The molecule has 1 aliphatic heterocycles. The molecular weight excluding hydrogens is 384 g/mol. The molecule has 5 nitrogen and oxygen atoms in total. The summed E-state index contributed by atoms with van der Waals surface area (Å²) in [6, 6.07) is 18.1. The maximum Gasteiger partial charge on any atom is 0.204 e. The Morgan fingerprint density at radius 2 is 1.61 bits per heavy atom. The van der Waals surface area contributed by atoms with Gasteiger partial charge in [0.15, 0.2) is 0 Å². The van der Waals surface area contributed by atoms with Crippen molar-refractivity contribution >= 4 is 17.8 Å². The van der Waals surface area contributed by atoms with E-state index >= 15 is 0 Å². The molecule has 5 heteroatoms. The number of hydrogen-bond acceptors (Lipinski definition) is 4. The van der Waals surface area contributed by atoms with Crippen molar-refractivity contribution < 1.29 is 4.79 Å². The Bertz CT molecular complexity index is 827. The van der Waals surface area contributed by atoms with Gasteiger partial charge in [0.25, 0.3) is 0 Å². The monoisotopic (exact) mass is 422 g/mol. The molecule has 1 atom stereocenters. The zero-order valence-electron chi connectivity index (χ0n) is 19.6. The van der Waals surface area contributed by atoms with Crippen molar-refractivity contribution in [3.63, 3.8) is 0 Å². The normalized spacial score (nSPS) is 16.6. The summed E-state index contributed by atoms with van der Waals surface area (Å²) < 4.78 is 0. The second-order valence-corrected chi connectivity index (χ2v) is 8.41. The topological polar surface area (TPSA) is 61.6 Å². The van der Waals surface area contributed by atoms with Crippen LogP contribution in [-0.2, 0) is 4.79 Å². The average Bonchev–Trinajstić information content (AvgIpc) is 2.75. The van der Waals surface area contributed by atoms with Crippen molar-refractivity contribution in [2.75, 3.05) is 29.9 Å². The quantitative estimate of drug-likeness (QED) is 0.649. The fourth-order valence-electron chi connectivity index (χ4n) is 3.89. The van der Waals surface area contributed by atoms with Crippen molar-refractivity contribution in [2.24, 2.45) is 11.7 Å². The van der Waals surface area contributed by atoms with E-state index < -0.39 is 0 Å². The number of anilines is 2. The van der Waals surface area contributed by atoms with Crippen molar-refractivity contribution in [3.8, 4) is 0 Å². The van der Waals surface area contributed by atoms with Crippen LogP contribution in [0.25, 0.3) is 0 Å². The molecule has 1 heterocycles. The van der Waals surface area contributed by atoms with Gasteiger partial charge in [-0.1, -0.05) is 56.2 Å². The second-order valence-electron chi connectivity index (χ2n) is 8.41. The van der Waals surface area contributed by atoms with E-state index in [1.165, 1.54) is 22.6 Å². The Kier molecular flexibility index (Phi) is 9.44. The highest BCUT2D eigenvalue weighted by atomic mass is 16.1. The number of carbonyl (C=O) groups excluding carboxylic acids is 1. The summed E-state index contributed by atoms with van der Waals surface area (Å²) in [6.07, 6.45) is 3.61. The summed E-state index contributed by atoms with van der Waals surface area (Å²) in [7, 11) is 0. The number of nitrogens with zero attached hydrogens (tertiary/aromatic N) is 2. The molecule has 3 rings (SSSR count). The lowest BCUT2D eigenvalue weighted by atomic mass is 9.98. The van der Waals surface area contributed by atoms with Gasteiger partial charge in [0.05, 0.1) is 6.04 Å². The molecule has 1 fully saturated rings. The van der Waals surface area contributed by atoms with Crippen molar-refractivity contribution in [1.29, 1.82) is 0 Å². The molecule has 2 aromatic rings. The van der Waals surface area contributed by atoms with Gasteiger partial charge in [0.1, 0.15) is 5.82 Å². The summed E-state index contributed by atoms with van der Waals surface area (Å²) in [5, 5.41) is 3.69. The Morgan fingerprint density at radius 3 is 2.13 bits per heavy atom. The second kappa shape index (κ2) is 12.0. The Balaban J connectivity index is 0.00000107. The lowest BCUT2D eigenvalue weighted by molar-refractivity contribution is -0.106. The first kappa shape index (κ1) is 24.3. The number of allylic oxidation sites excluding steroid dienone is 1. The van der Waals surface area contributed by atoms with Crippen LogP contribution < -0.4 is 16.0 Å². The number of aryl methyl sites for hydroxylation is 2. The van der Waals surface area contributed by atoms with Crippen LogP contribution in [0.4, 0.5) is 11.4 Å². The molecule has 2 aromatic carbocycles. The predicted octanol–water partition coefficient (Wildman–Crippen LogP) is 4.92. The number of benzene rings is 2. The SMILES string of the molecule is CCC=C(Nc1ccc(C)cc1)N1CCN(c2ccc(C)cc2)CC1C(C)C.NC=O. The van der Waals surface area contributed by atoms with Gasteiger partial charge in [0.2, 0.25) is 6.41 Å². The molecule has 0 radical (unpaired) electrons. The minimum Gasteiger partial charge on any atom is -0.372 e. The fourth-order valence-corrected chi connectivity index (χ4v) is 3.89. The molecule has 0 spiro atoms. The van der Waals surface area contributed by atoms with Gasteiger partial charge in [-0.05, 0) is 56.5 Å². The average molecular weight is 423 g/mol. The van der Waals surface area contributed by atoms with Crippen molar-refractivity contribution in [1.82, 2.24) is 4.90 Å². The lowest BCUT2D eigenvalue weighted by Gasteiger charge is -2.46. The first-order chi connectivity index (χ1) is 14.9. The van der Waals surface area contributed by atoms with Crippen LogP contribution in [-0.4, -0.2) is 37.0 Å². The molecule has 3 N–H and O–H groups in total. The largest absolute Gasteiger partial charge is 0.372 e. The third-order valence-electron chi connectivity index (χ3n) is 5.62. The Hall–Kier alpha value is -2.95. The third-order valence-corrected chi connectivity index (χ3v) is 5.62. The highest BCUT2D eigenvalue weighted by molar-refractivity contribution is 5.51. The highest BCUT2D eigenvalue weighted by Crippen LogP contribution is 2.27. The van der Waals surface area contributed by atoms with E-state index in [1.54, 1.807) is 0 Å². The summed E-state index contributed by atoms with van der Waals surface area (Å²) in [5.74, 6) is 1.82. The summed E-state index contributed by atoms with van der Waals surface area (Å²) in [5.41, 5.74) is 9.27. The maximum atomic E-state index is 8.58. The van der Waals surface area contributed by atoms with Crippen LogP contribution in [0, 0.1) is 19.8 Å². The number of primary amides is 1. The summed E-state index contributed by atoms with van der Waals surface area (Å²) in [6.45, 7) is 14.3. The van der Waals surface area contributed by atoms with Crippen molar-refractivity contribution in [3.05, 3.63) is 71.6 Å². The first-order valence-electron chi connectivity index (χ1n) is 11.2. The number of hydrogen-bond donors (Lipinski definition) is 2. The van der Waals surface area contributed by atoms with E-state index in [4.69, 9.17) is 4.79 Å². The van der Waals surface area contributed by atoms with E-state index in [0.29, 0.717) is 12.0 Å². The van der Waals surface area contributed by atoms with Gasteiger partial charge in [0, 0.05) is 31.0 Å². The van der Waals surface area contributed by atoms with Gasteiger partial charge in [-0.3, -0.25) is 4.79 Å². The molecule has 1 amide bonds. The van der Waals surface area contributed by atoms with Crippen LogP contribution >= 0.6 is 0 Å². The van der Waals surface area contributed by atoms with Gasteiger partial charge in [-0.2, -0.15) is 0 Å². The Morgan fingerprint density at radius 1 is 1.06 bits per heavy atom. The predicted molar refractivity (Wildman–Crippen MR) is 132 cm³/mol. The van der Waals surface area contributed by atoms with E-state index in [1.807, 2.05) is 0 Å². The molecule has 0 aromatic heterocycles. The smallest absolute Gasteiger partial charge is 0.204 e. The maximum absolute atomic E-state index is 8.58. The third kappa shape index (κ3) is 7.06. The standard InChI is InChI=1S/C25H35N3.CH3NO/c1-6-7-25(26-22-12-8-20(4)9-13-22)28-17-16-27(18-24(28)19(2)3)23-14-10-21(5)11-15-23;2-1-3/h7-15,19,24,26H,6,16-18H2,1-5H3;1H,(H2,2,3). The van der Waals surface area contributed by atoms with Crippen LogP contribution in [0.1, 0.15) is 38.3 Å². The molecule has 31 heavy (non-hydrogen) atoms. The van der Waals surface area contributed by atoms with Crippen LogP contribution in [0.2, 0.25) is 0 Å². The minimum atomic E-state index is 0.250. The van der Waals surface area contributed by atoms with Gasteiger partial charge < -0.3 is 20.9 Å². The molecule has 1 unspecified atom stereocenters. The van der Waals surface area contributed by atoms with E-state index in [9.17, 15) is 0 Å². The summed E-state index contributed by atoms with van der Waals surface area (Å²) >= 11 is 0. The zero-order chi connectivity index (χ0) is 22.8. The number of carbonyl (C=O) groups is 1. The first-order valence-corrected chi connectivity index (χ1v) is 11.2. The van der Waals surface area contributed by atoms with Crippen LogP contribution in [0.5, 0.6) is 0 Å². The van der Waals surface area contributed by atoms with Gasteiger partial charge in [-0.15, -0.1) is 0 Å². The van der Waals surface area contributed by atoms with Crippen LogP contribution in [0.15, 0.2) is 60.4 Å². The Labute approximate surface area is 187 Å². The van der Waals surface area contributed by atoms with E-state index in [2.05, 4.69) is 110 Å². The number of nitrogens with two attached hydrogens (primary N) is 1. The molecule has 1 saturated heterocycles. The lowest BCUT2D eigenvalue weighted by Crippen LogP contribution is -2.55. The zero-order valence-corrected chi connectivity index (χ0v) is 19.6. The number of amides is 1. The molecule has 1 aliphatic rings. The molecule has 0 bridgehead atoms.